The van der Waals surface area contributed by atoms with Gasteiger partial charge in [0, 0.05) is 0 Å². The summed E-state index contributed by atoms with van der Waals surface area (Å²) < 4.78 is 15.3. The number of carbonyl (C=O) groups is 3. The van der Waals surface area contributed by atoms with Crippen LogP contribution in [0.2, 0.25) is 0 Å². The second-order valence-corrected chi connectivity index (χ2v) is 6.13. The summed E-state index contributed by atoms with van der Waals surface area (Å²) in [5.41, 5.74) is 0.894. The normalized spacial score (nSPS) is 14.2. The largest absolute Gasteiger partial charge is 0.454 e. The summed E-state index contributed by atoms with van der Waals surface area (Å²) in [6.45, 7) is 6.44. The van der Waals surface area contributed by atoms with Gasteiger partial charge in [-0.3, -0.25) is 14.9 Å². The molecule has 1 aromatic rings. The van der Waals surface area contributed by atoms with Crippen molar-refractivity contribution in [2.24, 2.45) is 0 Å². The van der Waals surface area contributed by atoms with Gasteiger partial charge in [-0.1, -0.05) is 6.07 Å². The van der Waals surface area contributed by atoms with Crippen LogP contribution in [0.5, 0.6) is 11.5 Å². The van der Waals surface area contributed by atoms with Crippen LogP contribution in [0.3, 0.4) is 0 Å². The van der Waals surface area contributed by atoms with Crippen molar-refractivity contribution in [3.63, 3.8) is 0 Å². The number of nitrogens with one attached hydrogen (secondary N) is 3. The van der Waals surface area contributed by atoms with Crippen LogP contribution >= 0.6 is 0 Å². The molecule has 0 bridgehead atoms. The van der Waals surface area contributed by atoms with Crippen LogP contribution in [-0.4, -0.2) is 50.9 Å². The minimum atomic E-state index is -0.779. The van der Waals surface area contributed by atoms with Gasteiger partial charge >= 0.3 is 6.09 Å². The fourth-order valence-corrected chi connectivity index (χ4v) is 2.65. The van der Waals surface area contributed by atoms with Gasteiger partial charge in [-0.05, 0) is 38.5 Å². The average molecular weight is 380 g/mol. The zero-order valence-electron chi connectivity index (χ0n) is 15.8. The molecule has 0 radical (unpaired) electrons. The highest BCUT2D eigenvalue weighted by molar-refractivity contribution is 5.92. The van der Waals surface area contributed by atoms with Crippen molar-refractivity contribution in [3.8, 4) is 11.5 Å². The molecule has 0 saturated carbocycles. The number of amides is 3. The minimum absolute atomic E-state index is 0.00113. The molecule has 3 amide bonds. The Labute approximate surface area is 157 Å². The number of quaternary nitrogens is 1. The smallest absolute Gasteiger partial charge is 0.414 e. The van der Waals surface area contributed by atoms with Gasteiger partial charge in [-0.25, -0.2) is 4.79 Å². The van der Waals surface area contributed by atoms with Gasteiger partial charge in [0.1, 0.15) is 0 Å². The molecular formula is C18H26N3O6+. The molecule has 0 aromatic heterocycles. The van der Waals surface area contributed by atoms with Crippen LogP contribution in [0.25, 0.3) is 0 Å². The SMILES string of the molecule is CCOC(=O)NC(=O)C[NH+](CC)CC(=O)N[C@H](C)c1ccc2c(c1)OCO2. The highest BCUT2D eigenvalue weighted by Crippen LogP contribution is 2.34. The van der Waals surface area contributed by atoms with Crippen LogP contribution in [0.15, 0.2) is 18.2 Å². The number of carbonyl (C=O) groups excluding carboxylic acids is 3. The lowest BCUT2D eigenvalue weighted by atomic mass is 10.1. The van der Waals surface area contributed by atoms with E-state index in [0.29, 0.717) is 18.0 Å². The Morgan fingerprint density at radius 2 is 1.85 bits per heavy atom. The number of alkyl carbamates (subject to hydrolysis) is 1. The number of hydrogen-bond donors (Lipinski definition) is 3. The van der Waals surface area contributed by atoms with Crippen LogP contribution < -0.4 is 25.0 Å². The van der Waals surface area contributed by atoms with Crippen molar-refractivity contribution in [1.82, 2.24) is 10.6 Å². The lowest BCUT2D eigenvalue weighted by Crippen LogP contribution is -3.14. The molecule has 0 spiro atoms. The third-order valence-electron chi connectivity index (χ3n) is 4.11. The molecule has 0 saturated heterocycles. The van der Waals surface area contributed by atoms with Crippen molar-refractivity contribution in [2.45, 2.75) is 26.8 Å². The maximum Gasteiger partial charge on any atom is 0.414 e. The van der Waals surface area contributed by atoms with E-state index in [2.05, 4.69) is 15.4 Å². The zero-order chi connectivity index (χ0) is 19.8. The fourth-order valence-electron chi connectivity index (χ4n) is 2.65. The number of rotatable bonds is 8. The number of fused-ring (bicyclic) bond motifs is 1. The van der Waals surface area contributed by atoms with E-state index < -0.39 is 12.0 Å². The Morgan fingerprint density at radius 3 is 2.56 bits per heavy atom. The molecule has 9 heteroatoms. The molecule has 1 aromatic carbocycles. The van der Waals surface area contributed by atoms with E-state index in [9.17, 15) is 14.4 Å². The molecule has 1 heterocycles. The number of imide groups is 1. The van der Waals surface area contributed by atoms with E-state index in [1.807, 2.05) is 32.0 Å². The summed E-state index contributed by atoms with van der Waals surface area (Å²) in [6, 6.07) is 5.29. The quantitative estimate of drug-likeness (QED) is 0.575. The Bertz CT molecular complexity index is 694. The van der Waals surface area contributed by atoms with Gasteiger partial charge in [0.25, 0.3) is 11.8 Å². The van der Waals surface area contributed by atoms with Crippen molar-refractivity contribution in [3.05, 3.63) is 23.8 Å². The molecule has 1 aliphatic heterocycles. The van der Waals surface area contributed by atoms with E-state index in [1.165, 1.54) is 0 Å². The van der Waals surface area contributed by atoms with Crippen molar-refractivity contribution >= 4 is 17.9 Å². The molecule has 2 atom stereocenters. The average Bonchev–Trinajstić information content (AvgIpc) is 3.08. The van der Waals surface area contributed by atoms with Crippen LogP contribution in [0.1, 0.15) is 32.4 Å². The molecule has 148 valence electrons. The molecule has 27 heavy (non-hydrogen) atoms. The maximum atomic E-state index is 12.3. The predicted octanol–water partition coefficient (Wildman–Crippen LogP) is -0.230. The first-order valence-electron chi connectivity index (χ1n) is 8.92. The highest BCUT2D eigenvalue weighted by Gasteiger charge is 2.21. The van der Waals surface area contributed by atoms with E-state index in [4.69, 9.17) is 9.47 Å². The standard InChI is InChI=1S/C18H25N3O6/c1-4-21(10-17(23)20-18(24)25-5-2)9-16(22)19-12(3)13-6-7-14-15(8-13)27-11-26-14/h6-8,12H,4-5,9-11H2,1-3H3,(H,19,22)(H,20,23,24)/p+1/t12-/m1/s1. The third-order valence-corrected chi connectivity index (χ3v) is 4.11. The number of ether oxygens (including phenoxy) is 3. The maximum absolute atomic E-state index is 12.3. The first kappa shape index (κ1) is 20.5. The lowest BCUT2D eigenvalue weighted by Gasteiger charge is -2.19. The molecule has 0 aliphatic carbocycles. The first-order chi connectivity index (χ1) is 12.9. The first-order valence-corrected chi connectivity index (χ1v) is 8.92. The lowest BCUT2D eigenvalue weighted by molar-refractivity contribution is -0.881. The van der Waals surface area contributed by atoms with Gasteiger partial charge in [-0.15, -0.1) is 0 Å². The summed E-state index contributed by atoms with van der Waals surface area (Å²) >= 11 is 0. The van der Waals surface area contributed by atoms with Crippen molar-refractivity contribution in [1.29, 1.82) is 0 Å². The minimum Gasteiger partial charge on any atom is -0.454 e. The van der Waals surface area contributed by atoms with Gasteiger partial charge < -0.3 is 24.4 Å². The summed E-state index contributed by atoms with van der Waals surface area (Å²) in [6.07, 6.45) is -0.779. The predicted molar refractivity (Wildman–Crippen MR) is 95.5 cm³/mol. The van der Waals surface area contributed by atoms with E-state index in [1.54, 1.807) is 6.92 Å². The zero-order valence-corrected chi connectivity index (χ0v) is 15.8. The van der Waals surface area contributed by atoms with E-state index >= 15 is 0 Å². The van der Waals surface area contributed by atoms with Crippen LogP contribution in [-0.2, 0) is 14.3 Å². The fraction of sp³-hybridized carbons (Fsp3) is 0.500. The van der Waals surface area contributed by atoms with Crippen LogP contribution in [0.4, 0.5) is 4.79 Å². The summed E-state index contributed by atoms with van der Waals surface area (Å²) in [5.74, 6) is 0.666. The van der Waals surface area contributed by atoms with E-state index in [-0.39, 0.29) is 38.4 Å². The topological polar surface area (TPSA) is 107 Å². The van der Waals surface area contributed by atoms with Gasteiger partial charge in [0.15, 0.2) is 24.6 Å². The third kappa shape index (κ3) is 6.14. The van der Waals surface area contributed by atoms with Gasteiger partial charge in [-0.2, -0.15) is 0 Å². The van der Waals surface area contributed by atoms with Gasteiger partial charge in [0.2, 0.25) is 6.79 Å². The Kier molecular flexibility index (Phi) is 7.42. The van der Waals surface area contributed by atoms with E-state index in [0.717, 1.165) is 10.5 Å². The number of likely N-dealkylation sites (N-methyl/N-ethyl adjacent to an activating group) is 1. The summed E-state index contributed by atoms with van der Waals surface area (Å²) in [5, 5.41) is 5.04. The molecule has 1 unspecified atom stereocenters. The highest BCUT2D eigenvalue weighted by atomic mass is 16.7. The molecule has 1 aliphatic rings. The van der Waals surface area contributed by atoms with Gasteiger partial charge in [0.05, 0.1) is 19.2 Å². The molecule has 3 N–H and O–H groups in total. The summed E-state index contributed by atoms with van der Waals surface area (Å²) in [4.78, 5) is 36.2. The molecule has 9 nitrogen and oxygen atoms in total. The summed E-state index contributed by atoms with van der Waals surface area (Å²) in [7, 11) is 0. The van der Waals surface area contributed by atoms with Crippen molar-refractivity contribution < 1.29 is 33.5 Å². The second kappa shape index (κ2) is 9.77. The monoisotopic (exact) mass is 380 g/mol. The Balaban J connectivity index is 1.83. The number of hydrogen-bond acceptors (Lipinski definition) is 6. The molecular weight excluding hydrogens is 354 g/mol. The van der Waals surface area contributed by atoms with Crippen molar-refractivity contribution in [2.75, 3.05) is 33.0 Å². The Hall–Kier alpha value is -2.81. The number of benzene rings is 1. The second-order valence-electron chi connectivity index (χ2n) is 6.13. The van der Waals surface area contributed by atoms with Crippen LogP contribution in [0, 0.1) is 0 Å². The molecule has 2 rings (SSSR count). The Morgan fingerprint density at radius 1 is 1.15 bits per heavy atom. The molecule has 0 fully saturated rings.